The van der Waals surface area contributed by atoms with E-state index in [1.54, 1.807) is 30.3 Å². The van der Waals surface area contributed by atoms with Crippen LogP contribution in [0.1, 0.15) is 32.9 Å². The number of nitrogens with zero attached hydrogens (tertiary/aromatic N) is 4. The Morgan fingerprint density at radius 1 is 1.22 bits per heavy atom. The average molecular weight is 378 g/mol. The molecule has 4 aromatic rings. The number of amides is 1. The molecule has 0 saturated heterocycles. The molecule has 1 amide bonds. The molecule has 7 heteroatoms. The number of benzene rings is 1. The van der Waals surface area contributed by atoms with Crippen LogP contribution in [0.3, 0.4) is 0 Å². The molecule has 0 radical (unpaired) electrons. The fourth-order valence-electron chi connectivity index (χ4n) is 2.83. The van der Waals surface area contributed by atoms with Crippen molar-refractivity contribution in [1.29, 1.82) is 0 Å². The van der Waals surface area contributed by atoms with Crippen LogP contribution in [0.15, 0.2) is 47.2 Å². The van der Waals surface area contributed by atoms with Crippen molar-refractivity contribution in [1.82, 2.24) is 15.1 Å². The van der Waals surface area contributed by atoms with Crippen molar-refractivity contribution in [2.45, 2.75) is 27.3 Å². The molecule has 0 N–H and O–H groups in total. The molecule has 27 heavy (non-hydrogen) atoms. The van der Waals surface area contributed by atoms with Crippen molar-refractivity contribution in [2.24, 2.45) is 0 Å². The first kappa shape index (κ1) is 17.4. The van der Waals surface area contributed by atoms with Crippen molar-refractivity contribution >= 4 is 32.6 Å². The van der Waals surface area contributed by atoms with Crippen LogP contribution in [0.5, 0.6) is 0 Å². The monoisotopic (exact) mass is 378 g/mol. The summed E-state index contributed by atoms with van der Waals surface area (Å²) in [5.41, 5.74) is 4.80. The molecule has 0 aliphatic carbocycles. The second kappa shape index (κ2) is 6.92. The second-order valence-electron chi connectivity index (χ2n) is 6.44. The Balaban J connectivity index is 1.79. The van der Waals surface area contributed by atoms with Crippen LogP contribution in [0, 0.1) is 20.8 Å². The van der Waals surface area contributed by atoms with Gasteiger partial charge in [-0.1, -0.05) is 28.6 Å². The summed E-state index contributed by atoms with van der Waals surface area (Å²) in [6.45, 7) is 6.25. The van der Waals surface area contributed by atoms with Crippen molar-refractivity contribution in [2.75, 3.05) is 4.90 Å². The fourth-order valence-corrected chi connectivity index (χ4v) is 3.85. The van der Waals surface area contributed by atoms with Gasteiger partial charge in [0.15, 0.2) is 5.13 Å². The number of hydrogen-bond donors (Lipinski definition) is 0. The molecule has 0 bridgehead atoms. The summed E-state index contributed by atoms with van der Waals surface area (Å²) in [6.07, 6.45) is 3.45. The number of anilines is 1. The highest BCUT2D eigenvalue weighted by atomic mass is 32.1. The Labute approximate surface area is 160 Å². The minimum Gasteiger partial charge on any atom is -0.351 e. The van der Waals surface area contributed by atoms with Gasteiger partial charge in [-0.25, -0.2) is 4.98 Å². The van der Waals surface area contributed by atoms with Crippen molar-refractivity contribution < 1.29 is 9.32 Å². The summed E-state index contributed by atoms with van der Waals surface area (Å²) in [6, 6.07) is 9.54. The Bertz CT molecular complexity index is 1120. The summed E-state index contributed by atoms with van der Waals surface area (Å²) in [7, 11) is 0. The summed E-state index contributed by atoms with van der Waals surface area (Å²) in [5, 5.41) is 4.46. The number of aryl methyl sites for hydroxylation is 3. The van der Waals surface area contributed by atoms with Gasteiger partial charge in [-0.3, -0.25) is 14.7 Å². The predicted octanol–water partition coefficient (Wildman–Crippen LogP) is 4.45. The van der Waals surface area contributed by atoms with E-state index < -0.39 is 0 Å². The van der Waals surface area contributed by atoms with E-state index in [2.05, 4.69) is 23.1 Å². The Kier molecular flexibility index (Phi) is 4.45. The van der Waals surface area contributed by atoms with Crippen LogP contribution >= 0.6 is 11.3 Å². The maximum absolute atomic E-state index is 13.1. The summed E-state index contributed by atoms with van der Waals surface area (Å²) < 4.78 is 6.25. The van der Waals surface area contributed by atoms with Crippen LogP contribution in [0.25, 0.3) is 10.2 Å². The third-order valence-corrected chi connectivity index (χ3v) is 5.50. The maximum atomic E-state index is 13.1. The number of carbonyl (C=O) groups excluding carboxylic acids is 1. The lowest BCUT2D eigenvalue weighted by Gasteiger charge is -2.18. The van der Waals surface area contributed by atoms with E-state index in [0.29, 0.717) is 17.4 Å². The minimum absolute atomic E-state index is 0.198. The standard InChI is InChI=1S/C20H18N4O2S/c1-12-6-7-17-18(14(12)3)22-20(27-17)24(11-15-5-4-8-21-10-15)19(25)16-9-13(2)23-26-16/h4-10H,11H2,1-3H3. The van der Waals surface area contributed by atoms with Crippen LogP contribution in [0.2, 0.25) is 0 Å². The molecule has 0 unspecified atom stereocenters. The zero-order chi connectivity index (χ0) is 19.0. The van der Waals surface area contributed by atoms with Gasteiger partial charge in [0.1, 0.15) is 0 Å². The molecule has 0 fully saturated rings. The number of fused-ring (bicyclic) bond motifs is 1. The lowest BCUT2D eigenvalue weighted by Crippen LogP contribution is -2.30. The van der Waals surface area contributed by atoms with Gasteiger partial charge in [-0.05, 0) is 49.6 Å². The van der Waals surface area contributed by atoms with Gasteiger partial charge in [0.05, 0.1) is 22.5 Å². The zero-order valence-corrected chi connectivity index (χ0v) is 16.1. The van der Waals surface area contributed by atoms with E-state index in [0.717, 1.165) is 21.3 Å². The van der Waals surface area contributed by atoms with Crippen LogP contribution < -0.4 is 4.90 Å². The molecule has 0 atom stereocenters. The normalized spacial score (nSPS) is 11.1. The highest BCUT2D eigenvalue weighted by molar-refractivity contribution is 7.22. The first-order chi connectivity index (χ1) is 13.0. The van der Waals surface area contributed by atoms with Gasteiger partial charge in [0.25, 0.3) is 5.91 Å². The number of aromatic nitrogens is 3. The molecule has 0 aliphatic heterocycles. The maximum Gasteiger partial charge on any atom is 0.298 e. The molecule has 0 saturated carbocycles. The highest BCUT2D eigenvalue weighted by Crippen LogP contribution is 2.33. The minimum atomic E-state index is -0.270. The first-order valence-electron chi connectivity index (χ1n) is 8.54. The van der Waals surface area contributed by atoms with E-state index in [4.69, 9.17) is 9.51 Å². The van der Waals surface area contributed by atoms with Gasteiger partial charge in [0.2, 0.25) is 5.76 Å². The molecule has 6 nitrogen and oxygen atoms in total. The number of thiazole rings is 1. The molecule has 3 heterocycles. The Morgan fingerprint density at radius 2 is 2.07 bits per heavy atom. The second-order valence-corrected chi connectivity index (χ2v) is 7.44. The fraction of sp³-hybridized carbons (Fsp3) is 0.200. The Morgan fingerprint density at radius 3 is 2.78 bits per heavy atom. The largest absolute Gasteiger partial charge is 0.351 e. The third kappa shape index (κ3) is 3.33. The van der Waals surface area contributed by atoms with E-state index in [9.17, 15) is 4.79 Å². The summed E-state index contributed by atoms with van der Waals surface area (Å²) in [5.74, 6) is -0.0727. The van der Waals surface area contributed by atoms with Gasteiger partial charge in [-0.2, -0.15) is 0 Å². The van der Waals surface area contributed by atoms with E-state index in [1.165, 1.54) is 16.9 Å². The quantitative estimate of drug-likeness (QED) is 0.524. The molecule has 1 aromatic carbocycles. The zero-order valence-electron chi connectivity index (χ0n) is 15.3. The summed E-state index contributed by atoms with van der Waals surface area (Å²) in [4.78, 5) is 23.7. The van der Waals surface area contributed by atoms with Crippen molar-refractivity contribution in [3.8, 4) is 0 Å². The highest BCUT2D eigenvalue weighted by Gasteiger charge is 2.25. The first-order valence-corrected chi connectivity index (χ1v) is 9.35. The molecule has 0 aliphatic rings. The van der Waals surface area contributed by atoms with Gasteiger partial charge >= 0.3 is 0 Å². The van der Waals surface area contributed by atoms with Gasteiger partial charge < -0.3 is 4.52 Å². The number of rotatable bonds is 4. The molecule has 4 rings (SSSR count). The van der Waals surface area contributed by atoms with E-state index in [-0.39, 0.29) is 11.7 Å². The molecule has 136 valence electrons. The number of carbonyl (C=O) groups is 1. The number of hydrogen-bond acceptors (Lipinski definition) is 6. The van der Waals surface area contributed by atoms with Crippen LogP contribution in [0.4, 0.5) is 5.13 Å². The third-order valence-electron chi connectivity index (χ3n) is 4.45. The molecule has 3 aromatic heterocycles. The van der Waals surface area contributed by atoms with Crippen LogP contribution in [-0.4, -0.2) is 21.0 Å². The van der Waals surface area contributed by atoms with Crippen molar-refractivity contribution in [3.63, 3.8) is 0 Å². The molecular weight excluding hydrogens is 360 g/mol. The average Bonchev–Trinajstić information content (AvgIpc) is 3.30. The lowest BCUT2D eigenvalue weighted by atomic mass is 10.1. The lowest BCUT2D eigenvalue weighted by molar-refractivity contribution is 0.0949. The van der Waals surface area contributed by atoms with Crippen LogP contribution in [-0.2, 0) is 6.54 Å². The molecular formula is C20H18N4O2S. The molecule has 0 spiro atoms. The topological polar surface area (TPSA) is 72.1 Å². The predicted molar refractivity (Wildman–Crippen MR) is 105 cm³/mol. The SMILES string of the molecule is Cc1cc(C(=O)N(Cc2cccnc2)c2nc3c(C)c(C)ccc3s2)on1. The van der Waals surface area contributed by atoms with Gasteiger partial charge in [-0.15, -0.1) is 0 Å². The van der Waals surface area contributed by atoms with E-state index in [1.807, 2.05) is 25.1 Å². The van der Waals surface area contributed by atoms with Crippen molar-refractivity contribution in [3.05, 3.63) is 70.9 Å². The summed E-state index contributed by atoms with van der Waals surface area (Å²) >= 11 is 1.49. The van der Waals surface area contributed by atoms with Gasteiger partial charge in [0, 0.05) is 18.5 Å². The number of pyridine rings is 1. The Hall–Kier alpha value is -3.06. The smallest absolute Gasteiger partial charge is 0.298 e. The van der Waals surface area contributed by atoms with E-state index >= 15 is 0 Å².